The first-order valence-electron chi connectivity index (χ1n) is 6.28. The number of phenols is 1. The van der Waals surface area contributed by atoms with Crippen LogP contribution in [0.2, 0.25) is 0 Å². The van der Waals surface area contributed by atoms with Crippen molar-refractivity contribution in [3.63, 3.8) is 0 Å². The average molecular weight is 341 g/mol. The summed E-state index contributed by atoms with van der Waals surface area (Å²) in [6, 6.07) is 4.48. The third kappa shape index (κ3) is 2.80. The van der Waals surface area contributed by atoms with Crippen molar-refractivity contribution in [1.29, 1.82) is 0 Å². The largest absolute Gasteiger partial charge is 0.504 e. The van der Waals surface area contributed by atoms with Gasteiger partial charge >= 0.3 is 0 Å². The molecule has 22 heavy (non-hydrogen) atoms. The molecule has 0 heterocycles. The number of carbonyl (C=O) groups excluding carboxylic acids is 1. The Bertz CT molecular complexity index is 825. The number of Topliss-reactive ketones (excluding diaryl/α,β-unsaturated/α-hetero) is 1. The van der Waals surface area contributed by atoms with E-state index in [2.05, 4.69) is 0 Å². The average Bonchev–Trinajstić information content (AvgIpc) is 2.46. The SMILES string of the molecule is COc1cccc(C(=O)C2=CC=C(C)C(=S(=O)=O)C2Cl)c1O. The minimum absolute atomic E-state index is 0.000217. The zero-order valence-electron chi connectivity index (χ0n) is 11.8. The minimum Gasteiger partial charge on any atom is -0.504 e. The molecule has 2 rings (SSSR count). The Balaban J connectivity index is 2.54. The second-order valence-corrected chi connectivity index (χ2v) is 5.96. The molecule has 1 N–H and O–H groups in total. The first-order valence-corrected chi connectivity index (χ1v) is 7.79. The maximum atomic E-state index is 12.6. The zero-order valence-corrected chi connectivity index (χ0v) is 13.4. The number of rotatable bonds is 3. The topological polar surface area (TPSA) is 80.7 Å². The fourth-order valence-electron chi connectivity index (χ4n) is 2.16. The van der Waals surface area contributed by atoms with E-state index in [1.54, 1.807) is 13.0 Å². The number of allylic oxidation sites excluding steroid dienone is 4. The van der Waals surface area contributed by atoms with E-state index in [0.717, 1.165) is 0 Å². The zero-order chi connectivity index (χ0) is 16.4. The number of hydrogen-bond acceptors (Lipinski definition) is 5. The van der Waals surface area contributed by atoms with Gasteiger partial charge in [-0.15, -0.1) is 11.6 Å². The molecule has 1 atom stereocenters. The molecule has 1 aromatic rings. The van der Waals surface area contributed by atoms with Crippen molar-refractivity contribution in [3.8, 4) is 11.5 Å². The van der Waals surface area contributed by atoms with Crippen LogP contribution in [-0.4, -0.2) is 36.7 Å². The normalized spacial score (nSPS) is 17.6. The molecule has 116 valence electrons. The van der Waals surface area contributed by atoms with Crippen LogP contribution in [0.5, 0.6) is 11.5 Å². The van der Waals surface area contributed by atoms with Gasteiger partial charge in [0, 0.05) is 5.57 Å². The molecule has 0 bridgehead atoms. The van der Waals surface area contributed by atoms with Crippen LogP contribution in [0.1, 0.15) is 17.3 Å². The molecule has 0 fully saturated rings. The highest BCUT2D eigenvalue weighted by atomic mass is 35.5. The minimum atomic E-state index is -2.53. The van der Waals surface area contributed by atoms with Crippen molar-refractivity contribution in [3.05, 3.63) is 47.1 Å². The van der Waals surface area contributed by atoms with E-state index in [-0.39, 0.29) is 27.5 Å². The molecule has 0 saturated heterocycles. The molecule has 0 saturated carbocycles. The molecule has 1 aliphatic rings. The number of ether oxygens (including phenoxy) is 1. The van der Waals surface area contributed by atoms with Crippen LogP contribution in [0, 0.1) is 0 Å². The number of alkyl halides is 1. The van der Waals surface area contributed by atoms with Gasteiger partial charge in [0.15, 0.2) is 17.3 Å². The van der Waals surface area contributed by atoms with Gasteiger partial charge < -0.3 is 9.84 Å². The summed E-state index contributed by atoms with van der Waals surface area (Å²) in [5.74, 6) is -0.712. The Kier molecular flexibility index (Phi) is 4.73. The predicted molar refractivity (Wildman–Crippen MR) is 84.4 cm³/mol. The number of ketones is 1. The lowest BCUT2D eigenvalue weighted by Gasteiger charge is -2.18. The Morgan fingerprint density at radius 2 is 2.00 bits per heavy atom. The molecule has 0 radical (unpaired) electrons. The highest BCUT2D eigenvalue weighted by molar-refractivity contribution is 7.73. The molecule has 7 heteroatoms. The van der Waals surface area contributed by atoms with Gasteiger partial charge in [0.25, 0.3) is 0 Å². The van der Waals surface area contributed by atoms with Crippen molar-refractivity contribution in [2.75, 3.05) is 7.11 Å². The maximum Gasteiger partial charge on any atom is 0.219 e. The second-order valence-electron chi connectivity index (χ2n) is 4.62. The summed E-state index contributed by atoms with van der Waals surface area (Å²) >= 11 is 6.14. The molecule has 0 amide bonds. The molecule has 0 aromatic heterocycles. The summed E-state index contributed by atoms with van der Waals surface area (Å²) in [6.45, 7) is 1.60. The highest BCUT2D eigenvalue weighted by Gasteiger charge is 2.30. The molecule has 1 aliphatic carbocycles. The number of para-hydroxylation sites is 1. The Morgan fingerprint density at radius 1 is 1.32 bits per heavy atom. The van der Waals surface area contributed by atoms with E-state index >= 15 is 0 Å². The number of aromatic hydroxyl groups is 1. The lowest BCUT2D eigenvalue weighted by molar-refractivity contribution is 0.103. The number of methoxy groups -OCH3 is 1. The summed E-state index contributed by atoms with van der Waals surface area (Å²) in [4.78, 5) is 12.5. The van der Waals surface area contributed by atoms with Crippen LogP contribution < -0.4 is 4.74 Å². The van der Waals surface area contributed by atoms with Crippen molar-refractivity contribution in [2.45, 2.75) is 12.3 Å². The van der Waals surface area contributed by atoms with Gasteiger partial charge in [0.05, 0.1) is 17.5 Å². The summed E-state index contributed by atoms with van der Waals surface area (Å²) < 4.78 is 27.5. The Labute approximate surface area is 134 Å². The van der Waals surface area contributed by atoms with Crippen LogP contribution in [0.3, 0.4) is 0 Å². The molecule has 1 aromatic carbocycles. The van der Waals surface area contributed by atoms with E-state index in [9.17, 15) is 18.3 Å². The van der Waals surface area contributed by atoms with E-state index in [4.69, 9.17) is 16.3 Å². The van der Waals surface area contributed by atoms with Gasteiger partial charge in [0.2, 0.25) is 10.3 Å². The van der Waals surface area contributed by atoms with Gasteiger partial charge in [0.1, 0.15) is 5.38 Å². The van der Waals surface area contributed by atoms with Crippen LogP contribution in [0.4, 0.5) is 0 Å². The third-order valence-electron chi connectivity index (χ3n) is 3.31. The number of benzene rings is 1. The molecule has 0 aliphatic heterocycles. The number of carbonyl (C=O) groups is 1. The fraction of sp³-hybridized carbons (Fsp3) is 0.200. The molecular weight excluding hydrogens is 328 g/mol. The summed E-state index contributed by atoms with van der Waals surface area (Å²) in [6.07, 6.45) is 2.97. The maximum absolute atomic E-state index is 12.6. The van der Waals surface area contributed by atoms with Crippen LogP contribution >= 0.6 is 11.6 Å². The molecule has 5 nitrogen and oxygen atoms in total. The van der Waals surface area contributed by atoms with Crippen molar-refractivity contribution in [2.24, 2.45) is 0 Å². The lowest BCUT2D eigenvalue weighted by atomic mass is 9.92. The van der Waals surface area contributed by atoms with Gasteiger partial charge in [-0.05, 0) is 24.6 Å². The molecule has 1 unspecified atom stereocenters. The van der Waals surface area contributed by atoms with E-state index in [1.807, 2.05) is 0 Å². The van der Waals surface area contributed by atoms with Crippen LogP contribution in [0.15, 0.2) is 41.5 Å². The van der Waals surface area contributed by atoms with Crippen molar-refractivity contribution < 1.29 is 23.1 Å². The monoisotopic (exact) mass is 340 g/mol. The van der Waals surface area contributed by atoms with Crippen molar-refractivity contribution in [1.82, 2.24) is 0 Å². The quantitative estimate of drug-likeness (QED) is 0.518. The fourth-order valence-corrected chi connectivity index (χ4v) is 3.34. The Morgan fingerprint density at radius 3 is 2.59 bits per heavy atom. The number of halogens is 1. The van der Waals surface area contributed by atoms with Gasteiger partial charge in [-0.2, -0.15) is 8.42 Å². The van der Waals surface area contributed by atoms with Crippen molar-refractivity contribution >= 4 is 32.5 Å². The van der Waals surface area contributed by atoms with Gasteiger partial charge in [-0.3, -0.25) is 4.79 Å². The van der Waals surface area contributed by atoms with Crippen LogP contribution in [0.25, 0.3) is 0 Å². The van der Waals surface area contributed by atoms with E-state index in [0.29, 0.717) is 5.57 Å². The van der Waals surface area contributed by atoms with E-state index < -0.39 is 21.5 Å². The second kappa shape index (κ2) is 6.37. The Hall–Kier alpha value is -2.05. The number of phenolic OH excluding ortho intramolecular Hbond substituents is 1. The molecule has 0 spiro atoms. The number of hydrogen-bond donors (Lipinski definition) is 1. The summed E-state index contributed by atoms with van der Waals surface area (Å²) in [5.41, 5.74) is 0.551. The highest BCUT2D eigenvalue weighted by Crippen LogP contribution is 2.33. The third-order valence-corrected chi connectivity index (χ3v) is 4.81. The smallest absolute Gasteiger partial charge is 0.219 e. The predicted octanol–water partition coefficient (Wildman–Crippen LogP) is 2.13. The van der Waals surface area contributed by atoms with Crippen LogP contribution in [-0.2, 0) is 10.3 Å². The van der Waals surface area contributed by atoms with Gasteiger partial charge in [-0.1, -0.05) is 18.2 Å². The van der Waals surface area contributed by atoms with E-state index in [1.165, 1.54) is 31.4 Å². The molecular formula is C15H13ClO5S. The lowest BCUT2D eigenvalue weighted by Crippen LogP contribution is -2.26. The summed E-state index contributed by atoms with van der Waals surface area (Å²) in [5, 5.41) is 8.95. The first kappa shape index (κ1) is 16.3. The first-order chi connectivity index (χ1) is 10.4. The van der Waals surface area contributed by atoms with Gasteiger partial charge in [-0.25, -0.2) is 0 Å². The standard InChI is InChI=1S/C15H13ClO5S/c1-8-6-7-9(12(16)15(8)22(19)20)13(17)10-4-3-5-11(21-2)14(10)18/h3-7,12,18H,1-2H3. The summed E-state index contributed by atoms with van der Waals surface area (Å²) in [7, 11) is -1.16.